The monoisotopic (exact) mass is 340 g/mol. The smallest absolute Gasteiger partial charge is 0.254 e. The van der Waals surface area contributed by atoms with Crippen LogP contribution >= 0.6 is 12.4 Å². The van der Waals surface area contributed by atoms with E-state index in [1.54, 1.807) is 7.11 Å². The highest BCUT2D eigenvalue weighted by atomic mass is 35.5. The van der Waals surface area contributed by atoms with Crippen molar-refractivity contribution in [2.75, 3.05) is 20.2 Å². The quantitative estimate of drug-likeness (QED) is 0.920. The maximum Gasteiger partial charge on any atom is 0.254 e. The summed E-state index contributed by atoms with van der Waals surface area (Å²) >= 11 is 0. The molecule has 1 aliphatic heterocycles. The summed E-state index contributed by atoms with van der Waals surface area (Å²) in [7, 11) is 1.72. The number of likely N-dealkylation sites (tertiary alicyclic amines) is 1. The molecule has 1 aromatic carbocycles. The van der Waals surface area contributed by atoms with Gasteiger partial charge in [0.2, 0.25) is 0 Å². The SMILES string of the molecule is COC1CCN(C(=O)c2ccc(C(C)(C)C)cc2)C(CN)C1.Cl. The number of nitrogens with zero attached hydrogens (tertiary/aromatic N) is 1. The maximum absolute atomic E-state index is 12.8. The Balaban J connectivity index is 0.00000264. The van der Waals surface area contributed by atoms with Crippen LogP contribution in [0.5, 0.6) is 0 Å². The van der Waals surface area contributed by atoms with E-state index in [9.17, 15) is 4.79 Å². The van der Waals surface area contributed by atoms with Crippen molar-refractivity contribution < 1.29 is 9.53 Å². The van der Waals surface area contributed by atoms with Crippen molar-refractivity contribution in [3.63, 3.8) is 0 Å². The van der Waals surface area contributed by atoms with E-state index in [0.29, 0.717) is 13.1 Å². The van der Waals surface area contributed by atoms with Crippen LogP contribution < -0.4 is 5.73 Å². The molecular weight excluding hydrogens is 312 g/mol. The van der Waals surface area contributed by atoms with E-state index in [4.69, 9.17) is 10.5 Å². The van der Waals surface area contributed by atoms with Gasteiger partial charge in [-0.1, -0.05) is 32.9 Å². The van der Waals surface area contributed by atoms with Gasteiger partial charge in [-0.05, 0) is 36.0 Å². The van der Waals surface area contributed by atoms with Crippen LogP contribution in [0.25, 0.3) is 0 Å². The minimum atomic E-state index is 0. The minimum Gasteiger partial charge on any atom is -0.381 e. The van der Waals surface area contributed by atoms with Gasteiger partial charge in [-0.2, -0.15) is 0 Å². The molecule has 0 saturated carbocycles. The van der Waals surface area contributed by atoms with Crippen molar-refractivity contribution in [3.8, 4) is 0 Å². The van der Waals surface area contributed by atoms with Gasteiger partial charge in [0, 0.05) is 31.8 Å². The molecule has 1 aliphatic rings. The Morgan fingerprint density at radius 2 is 1.91 bits per heavy atom. The first-order chi connectivity index (χ1) is 10.4. The van der Waals surface area contributed by atoms with Crippen LogP contribution in [0.2, 0.25) is 0 Å². The zero-order chi connectivity index (χ0) is 16.3. The van der Waals surface area contributed by atoms with E-state index in [0.717, 1.165) is 18.4 Å². The summed E-state index contributed by atoms with van der Waals surface area (Å²) in [6, 6.07) is 8.02. The highest BCUT2D eigenvalue weighted by molar-refractivity contribution is 5.94. The topological polar surface area (TPSA) is 55.6 Å². The van der Waals surface area contributed by atoms with Crippen molar-refractivity contribution in [3.05, 3.63) is 35.4 Å². The average molecular weight is 341 g/mol. The number of methoxy groups -OCH3 is 1. The molecule has 2 atom stereocenters. The summed E-state index contributed by atoms with van der Waals surface area (Å²) in [6.45, 7) is 7.70. The highest BCUT2D eigenvalue weighted by Crippen LogP contribution is 2.24. The average Bonchev–Trinajstić information content (AvgIpc) is 2.52. The summed E-state index contributed by atoms with van der Waals surface area (Å²) in [5.74, 6) is 0.0745. The van der Waals surface area contributed by atoms with Crippen molar-refractivity contribution in [1.82, 2.24) is 4.90 Å². The molecule has 0 radical (unpaired) electrons. The molecule has 0 bridgehead atoms. The van der Waals surface area contributed by atoms with Crippen LogP contribution in [0.4, 0.5) is 0 Å². The molecule has 2 unspecified atom stereocenters. The molecule has 2 rings (SSSR count). The van der Waals surface area contributed by atoms with Crippen LogP contribution in [0.1, 0.15) is 49.5 Å². The van der Waals surface area contributed by atoms with E-state index in [1.165, 1.54) is 5.56 Å². The Hall–Kier alpha value is -1.10. The standard InChI is InChI=1S/C18H28N2O2.ClH/c1-18(2,3)14-7-5-13(6-8-14)17(21)20-10-9-16(22-4)11-15(20)12-19;/h5-8,15-16H,9-12,19H2,1-4H3;1H. The van der Waals surface area contributed by atoms with Crippen molar-refractivity contribution >= 4 is 18.3 Å². The Bertz CT molecular complexity index is 511. The number of nitrogens with two attached hydrogens (primary N) is 1. The second-order valence-corrected chi connectivity index (χ2v) is 7.10. The summed E-state index contributed by atoms with van der Waals surface area (Å²) in [5, 5.41) is 0. The fraction of sp³-hybridized carbons (Fsp3) is 0.611. The number of benzene rings is 1. The molecular formula is C18H29ClN2O2. The number of hydrogen-bond acceptors (Lipinski definition) is 3. The number of piperidine rings is 1. The molecule has 0 aliphatic carbocycles. The zero-order valence-corrected chi connectivity index (χ0v) is 15.4. The van der Waals surface area contributed by atoms with Gasteiger partial charge in [0.15, 0.2) is 0 Å². The van der Waals surface area contributed by atoms with E-state index < -0.39 is 0 Å². The first kappa shape index (κ1) is 19.9. The van der Waals surface area contributed by atoms with Crippen molar-refractivity contribution in [2.24, 2.45) is 5.73 Å². The maximum atomic E-state index is 12.8. The van der Waals surface area contributed by atoms with Gasteiger partial charge in [-0.25, -0.2) is 0 Å². The molecule has 1 amide bonds. The summed E-state index contributed by atoms with van der Waals surface area (Å²) in [6.07, 6.45) is 1.90. The molecule has 1 fully saturated rings. The van der Waals surface area contributed by atoms with Gasteiger partial charge in [-0.3, -0.25) is 4.79 Å². The molecule has 4 nitrogen and oxygen atoms in total. The predicted molar refractivity (Wildman–Crippen MR) is 96.3 cm³/mol. The second-order valence-electron chi connectivity index (χ2n) is 7.10. The first-order valence-corrected chi connectivity index (χ1v) is 8.01. The zero-order valence-electron chi connectivity index (χ0n) is 14.5. The molecule has 0 spiro atoms. The Kier molecular flexibility index (Phi) is 7.05. The number of carbonyl (C=O) groups is 1. The number of halogens is 1. The molecule has 130 valence electrons. The van der Waals surface area contributed by atoms with Gasteiger partial charge in [-0.15, -0.1) is 12.4 Å². The van der Waals surface area contributed by atoms with Gasteiger partial charge in [0.25, 0.3) is 5.91 Å². The normalized spacial score (nSPS) is 21.7. The third-order valence-corrected chi connectivity index (χ3v) is 4.53. The lowest BCUT2D eigenvalue weighted by molar-refractivity contribution is 0.0139. The Morgan fingerprint density at radius 3 is 2.39 bits per heavy atom. The molecule has 1 aromatic rings. The van der Waals surface area contributed by atoms with Crippen LogP contribution in [-0.2, 0) is 10.2 Å². The number of carbonyl (C=O) groups excluding carboxylic acids is 1. The van der Waals surface area contributed by atoms with E-state index in [1.807, 2.05) is 29.2 Å². The predicted octanol–water partition coefficient (Wildman–Crippen LogP) is 2.98. The number of hydrogen-bond donors (Lipinski definition) is 1. The number of rotatable bonds is 3. The lowest BCUT2D eigenvalue weighted by atomic mass is 9.86. The lowest BCUT2D eigenvalue weighted by Crippen LogP contribution is -2.51. The fourth-order valence-electron chi connectivity index (χ4n) is 3.00. The lowest BCUT2D eigenvalue weighted by Gasteiger charge is -2.38. The van der Waals surface area contributed by atoms with Gasteiger partial charge < -0.3 is 15.4 Å². The second kappa shape index (κ2) is 8.13. The van der Waals surface area contributed by atoms with Crippen LogP contribution in [0.3, 0.4) is 0 Å². The molecule has 5 heteroatoms. The first-order valence-electron chi connectivity index (χ1n) is 8.01. The minimum absolute atomic E-state index is 0. The van der Waals surface area contributed by atoms with Crippen LogP contribution in [0, 0.1) is 0 Å². The van der Waals surface area contributed by atoms with Crippen LogP contribution in [-0.4, -0.2) is 43.2 Å². The van der Waals surface area contributed by atoms with E-state index in [-0.39, 0.29) is 35.9 Å². The van der Waals surface area contributed by atoms with Crippen molar-refractivity contribution in [2.45, 2.75) is 51.2 Å². The highest BCUT2D eigenvalue weighted by Gasteiger charge is 2.31. The van der Waals surface area contributed by atoms with E-state index >= 15 is 0 Å². The number of ether oxygens (including phenoxy) is 1. The Labute approximate surface area is 145 Å². The van der Waals surface area contributed by atoms with Gasteiger partial charge in [0.1, 0.15) is 0 Å². The summed E-state index contributed by atoms with van der Waals surface area (Å²) < 4.78 is 5.42. The molecule has 2 N–H and O–H groups in total. The van der Waals surface area contributed by atoms with Crippen molar-refractivity contribution in [1.29, 1.82) is 0 Å². The fourth-order valence-corrected chi connectivity index (χ4v) is 3.00. The van der Waals surface area contributed by atoms with Gasteiger partial charge >= 0.3 is 0 Å². The summed E-state index contributed by atoms with van der Waals surface area (Å²) in [5.41, 5.74) is 7.93. The molecule has 1 heterocycles. The van der Waals surface area contributed by atoms with Crippen LogP contribution in [0.15, 0.2) is 24.3 Å². The molecule has 23 heavy (non-hydrogen) atoms. The largest absolute Gasteiger partial charge is 0.381 e. The Morgan fingerprint density at radius 1 is 1.30 bits per heavy atom. The van der Waals surface area contributed by atoms with E-state index in [2.05, 4.69) is 20.8 Å². The molecule has 1 saturated heterocycles. The number of amides is 1. The summed E-state index contributed by atoms with van der Waals surface area (Å²) in [4.78, 5) is 14.7. The molecule has 0 aromatic heterocycles. The van der Waals surface area contributed by atoms with Gasteiger partial charge in [0.05, 0.1) is 6.10 Å². The third kappa shape index (κ3) is 4.69. The third-order valence-electron chi connectivity index (χ3n) is 4.53.